The first-order valence-corrected chi connectivity index (χ1v) is 9.57. The maximum Gasteiger partial charge on any atom is 0.245 e. The lowest BCUT2D eigenvalue weighted by atomic mass is 10.0. The monoisotopic (exact) mass is 345 g/mol. The maximum atomic E-state index is 13.1. The van der Waals surface area contributed by atoms with E-state index in [9.17, 15) is 4.79 Å². The molecule has 7 heteroatoms. The Labute approximate surface area is 145 Å². The third-order valence-electron chi connectivity index (χ3n) is 5.19. The van der Waals surface area contributed by atoms with Crippen LogP contribution in [0.15, 0.2) is 17.8 Å². The molecule has 0 aliphatic carbocycles. The second-order valence-corrected chi connectivity index (χ2v) is 7.49. The molecule has 4 heterocycles. The highest BCUT2D eigenvalue weighted by atomic mass is 32.1. The fourth-order valence-electron chi connectivity index (χ4n) is 3.91. The molecule has 0 bridgehead atoms. The second kappa shape index (κ2) is 6.64. The Morgan fingerprint density at radius 3 is 3.04 bits per heavy atom. The summed E-state index contributed by atoms with van der Waals surface area (Å²) in [6.07, 6.45) is 5.79. The number of hydrogen-bond acceptors (Lipinski definition) is 6. The molecule has 2 fully saturated rings. The van der Waals surface area contributed by atoms with Crippen LogP contribution in [0.4, 0.5) is 5.82 Å². The molecule has 6 nitrogen and oxygen atoms in total. The normalized spacial score (nSPS) is 24.7. The van der Waals surface area contributed by atoms with Gasteiger partial charge in [-0.25, -0.2) is 9.97 Å². The lowest BCUT2D eigenvalue weighted by molar-refractivity contribution is -0.133. The minimum absolute atomic E-state index is 0.0846. The number of amides is 1. The molecule has 1 amide bonds. The number of nitrogens with one attached hydrogen (secondary N) is 1. The van der Waals surface area contributed by atoms with E-state index in [1.54, 1.807) is 17.7 Å². The summed E-state index contributed by atoms with van der Waals surface area (Å²) in [5.74, 6) is 1.17. The van der Waals surface area contributed by atoms with Crippen molar-refractivity contribution in [3.8, 4) is 0 Å². The van der Waals surface area contributed by atoms with Gasteiger partial charge >= 0.3 is 0 Å². The van der Waals surface area contributed by atoms with Crippen LogP contribution in [-0.2, 0) is 4.79 Å². The van der Waals surface area contributed by atoms with Crippen molar-refractivity contribution in [3.05, 3.63) is 17.8 Å². The first-order valence-electron chi connectivity index (χ1n) is 8.69. The zero-order valence-electron chi connectivity index (χ0n) is 13.9. The van der Waals surface area contributed by atoms with Gasteiger partial charge in [0.05, 0.1) is 5.39 Å². The van der Waals surface area contributed by atoms with E-state index in [0.717, 1.165) is 61.4 Å². The van der Waals surface area contributed by atoms with Crippen LogP contribution in [-0.4, -0.2) is 59.5 Å². The average Bonchev–Trinajstić information content (AvgIpc) is 3.29. The van der Waals surface area contributed by atoms with Gasteiger partial charge in [0.15, 0.2) is 0 Å². The molecule has 24 heavy (non-hydrogen) atoms. The quantitative estimate of drug-likeness (QED) is 0.920. The van der Waals surface area contributed by atoms with Crippen molar-refractivity contribution < 1.29 is 4.79 Å². The third-order valence-corrected chi connectivity index (χ3v) is 6.01. The van der Waals surface area contributed by atoms with Crippen molar-refractivity contribution in [2.75, 3.05) is 31.6 Å². The Hall–Kier alpha value is -1.73. The molecular formula is C17H23N5OS. The minimum Gasteiger partial charge on any atom is -0.344 e. The fourth-order valence-corrected chi connectivity index (χ4v) is 4.63. The van der Waals surface area contributed by atoms with Crippen LogP contribution in [0.5, 0.6) is 0 Å². The molecule has 0 spiro atoms. The minimum atomic E-state index is -0.0846. The van der Waals surface area contributed by atoms with E-state index in [4.69, 9.17) is 0 Å². The maximum absolute atomic E-state index is 13.1. The number of likely N-dealkylation sites (tertiary alicyclic amines) is 1. The van der Waals surface area contributed by atoms with E-state index in [0.29, 0.717) is 6.04 Å². The van der Waals surface area contributed by atoms with E-state index in [1.165, 1.54) is 0 Å². The van der Waals surface area contributed by atoms with E-state index >= 15 is 0 Å². The molecule has 1 N–H and O–H groups in total. The van der Waals surface area contributed by atoms with Crippen LogP contribution in [0, 0.1) is 0 Å². The molecular weight excluding hydrogens is 322 g/mol. The summed E-state index contributed by atoms with van der Waals surface area (Å²) in [5, 5.41) is 6.42. The number of carbonyl (C=O) groups is 1. The van der Waals surface area contributed by atoms with Gasteiger partial charge in [0, 0.05) is 25.7 Å². The number of thiophene rings is 1. The van der Waals surface area contributed by atoms with Crippen molar-refractivity contribution in [3.63, 3.8) is 0 Å². The highest BCUT2D eigenvalue weighted by Crippen LogP contribution is 2.32. The molecule has 2 unspecified atom stereocenters. The Balaban J connectivity index is 1.58. The predicted octanol–water partition coefficient (Wildman–Crippen LogP) is 1.87. The molecule has 4 rings (SSSR count). The Kier molecular flexibility index (Phi) is 4.37. The number of fused-ring (bicyclic) bond motifs is 1. The standard InChI is InChI=1S/C17H23N5OS/c1-18-12-4-2-7-21(10-12)17(23)14-5-3-8-22(14)15-13-6-9-24-16(13)20-11-19-15/h6,9,11-12,14,18H,2-5,7-8,10H2,1H3. The molecule has 0 radical (unpaired) electrons. The Morgan fingerprint density at radius 1 is 1.29 bits per heavy atom. The van der Waals surface area contributed by atoms with E-state index < -0.39 is 0 Å². The average molecular weight is 345 g/mol. The number of aromatic nitrogens is 2. The van der Waals surface area contributed by atoms with Gasteiger partial charge in [-0.2, -0.15) is 0 Å². The van der Waals surface area contributed by atoms with Gasteiger partial charge in [0.25, 0.3) is 0 Å². The van der Waals surface area contributed by atoms with E-state index in [-0.39, 0.29) is 11.9 Å². The van der Waals surface area contributed by atoms with Gasteiger partial charge in [-0.3, -0.25) is 4.79 Å². The van der Waals surface area contributed by atoms with Crippen molar-refractivity contribution in [2.24, 2.45) is 0 Å². The highest BCUT2D eigenvalue weighted by molar-refractivity contribution is 7.16. The molecule has 2 aliphatic heterocycles. The third kappa shape index (κ3) is 2.75. The van der Waals surface area contributed by atoms with E-state index in [1.807, 2.05) is 17.3 Å². The molecule has 2 aliphatic rings. The van der Waals surface area contributed by atoms with Crippen molar-refractivity contribution in [1.82, 2.24) is 20.2 Å². The van der Waals surface area contributed by atoms with Crippen molar-refractivity contribution >= 4 is 33.3 Å². The molecule has 2 aromatic rings. The topological polar surface area (TPSA) is 61.4 Å². The number of anilines is 1. The molecule has 128 valence electrons. The van der Waals surface area contributed by atoms with Gasteiger partial charge in [-0.1, -0.05) is 0 Å². The zero-order valence-corrected chi connectivity index (χ0v) is 14.8. The molecule has 2 saturated heterocycles. The smallest absolute Gasteiger partial charge is 0.245 e. The summed E-state index contributed by atoms with van der Waals surface area (Å²) in [7, 11) is 1.98. The van der Waals surface area contributed by atoms with Crippen LogP contribution in [0.25, 0.3) is 10.2 Å². The van der Waals surface area contributed by atoms with Crippen LogP contribution in [0.3, 0.4) is 0 Å². The summed E-state index contributed by atoms with van der Waals surface area (Å²) < 4.78 is 0. The lowest BCUT2D eigenvalue weighted by Gasteiger charge is -2.36. The number of hydrogen-bond donors (Lipinski definition) is 1. The molecule has 0 aromatic carbocycles. The van der Waals surface area contributed by atoms with Crippen LogP contribution >= 0.6 is 11.3 Å². The van der Waals surface area contributed by atoms with Gasteiger partial charge < -0.3 is 15.1 Å². The number of nitrogens with zero attached hydrogens (tertiary/aromatic N) is 4. The number of piperidine rings is 1. The van der Waals surface area contributed by atoms with Crippen LogP contribution in [0.1, 0.15) is 25.7 Å². The van der Waals surface area contributed by atoms with E-state index in [2.05, 4.69) is 26.3 Å². The number of likely N-dealkylation sites (N-methyl/N-ethyl adjacent to an activating group) is 1. The first kappa shape index (κ1) is 15.8. The van der Waals surface area contributed by atoms with Crippen molar-refractivity contribution in [2.45, 2.75) is 37.8 Å². The predicted molar refractivity (Wildman–Crippen MR) is 96.4 cm³/mol. The first-order chi connectivity index (χ1) is 11.8. The highest BCUT2D eigenvalue weighted by Gasteiger charge is 2.36. The summed E-state index contributed by atoms with van der Waals surface area (Å²) in [6.45, 7) is 2.58. The Morgan fingerprint density at radius 2 is 2.17 bits per heavy atom. The van der Waals surface area contributed by atoms with Gasteiger partial charge in [-0.15, -0.1) is 11.3 Å². The molecule has 2 aromatic heterocycles. The number of carbonyl (C=O) groups excluding carboxylic acids is 1. The van der Waals surface area contributed by atoms with Gasteiger partial charge in [0.1, 0.15) is 23.0 Å². The number of rotatable bonds is 3. The summed E-state index contributed by atoms with van der Waals surface area (Å²) >= 11 is 1.62. The second-order valence-electron chi connectivity index (χ2n) is 6.60. The molecule has 0 saturated carbocycles. The summed E-state index contributed by atoms with van der Waals surface area (Å²) in [6, 6.07) is 2.39. The Bertz CT molecular complexity index is 733. The van der Waals surface area contributed by atoms with Gasteiger partial charge in [0.2, 0.25) is 5.91 Å². The van der Waals surface area contributed by atoms with Crippen LogP contribution in [0.2, 0.25) is 0 Å². The largest absolute Gasteiger partial charge is 0.344 e. The summed E-state index contributed by atoms with van der Waals surface area (Å²) in [4.78, 5) is 27.2. The zero-order chi connectivity index (χ0) is 16.5. The molecule has 2 atom stereocenters. The van der Waals surface area contributed by atoms with Gasteiger partial charge in [-0.05, 0) is 44.2 Å². The van der Waals surface area contributed by atoms with Crippen LogP contribution < -0.4 is 10.2 Å². The SMILES string of the molecule is CNC1CCCN(C(=O)C2CCCN2c2ncnc3sccc23)C1. The fraction of sp³-hybridized carbons (Fsp3) is 0.588. The summed E-state index contributed by atoms with van der Waals surface area (Å²) in [5.41, 5.74) is 0. The lowest BCUT2D eigenvalue weighted by Crippen LogP contribution is -2.52. The van der Waals surface area contributed by atoms with Crippen molar-refractivity contribution in [1.29, 1.82) is 0 Å².